The van der Waals surface area contributed by atoms with Gasteiger partial charge in [-0.05, 0) is 79.4 Å². The lowest BCUT2D eigenvalue weighted by atomic mass is 10.1. The van der Waals surface area contributed by atoms with Crippen LogP contribution in [0.3, 0.4) is 0 Å². The van der Waals surface area contributed by atoms with Crippen LogP contribution >= 0.6 is 0 Å². The molecule has 11 aromatic carbocycles. The Morgan fingerprint density at radius 2 is 0.573 bits per heavy atom. The summed E-state index contributed by atoms with van der Waals surface area (Å²) in [5, 5.41) is 9.76. The molecular formula is C69H47N5Si. The third kappa shape index (κ3) is 7.49. The van der Waals surface area contributed by atoms with Crippen LogP contribution in [0.4, 0.5) is 0 Å². The summed E-state index contributed by atoms with van der Waals surface area (Å²) < 4.78 is 4.55. The zero-order valence-electron chi connectivity index (χ0n) is 40.9. The first-order chi connectivity index (χ1) is 37.2. The minimum absolute atomic E-state index is 0.553. The number of hydrogen-bond acceptors (Lipinski definition) is 3. The summed E-state index contributed by atoms with van der Waals surface area (Å²) in [4.78, 5) is 16.5. The van der Waals surface area contributed by atoms with Crippen molar-refractivity contribution in [3.05, 3.63) is 285 Å². The fourth-order valence-corrected chi connectivity index (χ4v) is 16.4. The Morgan fingerprint density at radius 1 is 0.240 bits per heavy atom. The summed E-state index contributed by atoms with van der Waals surface area (Å²) in [5.41, 5.74) is 11.9. The summed E-state index contributed by atoms with van der Waals surface area (Å²) in [7, 11) is -3.17. The Kier molecular flexibility index (Phi) is 10.8. The van der Waals surface area contributed by atoms with Gasteiger partial charge in [-0.3, -0.25) is 4.57 Å². The third-order valence-electron chi connectivity index (χ3n) is 14.9. The van der Waals surface area contributed by atoms with Crippen LogP contribution < -0.4 is 20.7 Å². The molecule has 0 bridgehead atoms. The molecule has 5 nitrogen and oxygen atoms in total. The maximum absolute atomic E-state index is 5.53. The lowest BCUT2D eigenvalue weighted by Crippen LogP contribution is -2.74. The molecular weight excluding hydrogens is 927 g/mol. The maximum Gasteiger partial charge on any atom is 0.238 e. The lowest BCUT2D eigenvalue weighted by molar-refractivity contribution is 0.953. The zero-order chi connectivity index (χ0) is 49.7. The molecule has 3 heterocycles. The minimum Gasteiger partial charge on any atom is -0.309 e. The fraction of sp³-hybridized carbons (Fsp3) is 0. The Bertz CT molecular complexity index is 4240. The van der Waals surface area contributed by atoms with Gasteiger partial charge in [-0.1, -0.05) is 249 Å². The monoisotopic (exact) mass is 973 g/mol. The second-order valence-corrected chi connectivity index (χ2v) is 23.0. The molecule has 0 saturated heterocycles. The van der Waals surface area contributed by atoms with E-state index in [1.54, 1.807) is 0 Å². The molecule has 14 rings (SSSR count). The number of hydrogen-bond donors (Lipinski definition) is 0. The van der Waals surface area contributed by atoms with Gasteiger partial charge < -0.3 is 4.57 Å². The average Bonchev–Trinajstić information content (AvgIpc) is 4.03. The smallest absolute Gasteiger partial charge is 0.238 e. The van der Waals surface area contributed by atoms with Gasteiger partial charge in [-0.25, -0.2) is 4.98 Å². The van der Waals surface area contributed by atoms with Crippen molar-refractivity contribution >= 4 is 72.4 Å². The Hall–Kier alpha value is -9.75. The van der Waals surface area contributed by atoms with Gasteiger partial charge in [0.1, 0.15) is 0 Å². The highest BCUT2D eigenvalue weighted by Crippen LogP contribution is 2.35. The molecule has 75 heavy (non-hydrogen) atoms. The van der Waals surface area contributed by atoms with Crippen LogP contribution in [0.25, 0.3) is 100 Å². The molecule has 0 unspecified atom stereocenters. The van der Waals surface area contributed by atoms with Crippen molar-refractivity contribution in [2.75, 3.05) is 0 Å². The molecule has 0 aliphatic heterocycles. The van der Waals surface area contributed by atoms with E-state index in [2.05, 4.69) is 294 Å². The molecule has 0 spiro atoms. The summed E-state index contributed by atoms with van der Waals surface area (Å²) in [6.07, 6.45) is 0. The highest BCUT2D eigenvalue weighted by Gasteiger charge is 2.42. The van der Waals surface area contributed by atoms with E-state index in [9.17, 15) is 0 Å². The number of nitrogens with zero attached hydrogens (tertiary/aromatic N) is 5. The van der Waals surface area contributed by atoms with E-state index in [1.807, 2.05) is 0 Å². The van der Waals surface area contributed by atoms with E-state index >= 15 is 0 Å². The molecule has 0 atom stereocenters. The predicted molar refractivity (Wildman–Crippen MR) is 314 cm³/mol. The van der Waals surface area contributed by atoms with Gasteiger partial charge in [0.2, 0.25) is 5.95 Å². The summed E-state index contributed by atoms with van der Waals surface area (Å²) in [6.45, 7) is 0. The van der Waals surface area contributed by atoms with Crippen LogP contribution in [-0.2, 0) is 0 Å². The molecule has 0 amide bonds. The molecule has 0 radical (unpaired) electrons. The fourth-order valence-electron chi connectivity index (χ4n) is 11.6. The van der Waals surface area contributed by atoms with Gasteiger partial charge in [0.15, 0.2) is 19.7 Å². The third-order valence-corrected chi connectivity index (χ3v) is 19.6. The SMILES string of the molecule is c1ccc(-c2cccc([Si](c3ccccc3)(c3cccc(-c4ccccc4)c3)c3cccc(-c4nc(-c5cccc(-n6c7ccccc7c7ccccc76)c5)nc(-n5c6ccccc6c6ccccc65)n4)c3)c2)cc1. The van der Waals surface area contributed by atoms with Crippen molar-refractivity contribution < 1.29 is 0 Å². The zero-order valence-corrected chi connectivity index (χ0v) is 41.9. The highest BCUT2D eigenvalue weighted by atomic mass is 28.3. The van der Waals surface area contributed by atoms with Gasteiger partial charge in [0.05, 0.1) is 22.1 Å². The normalized spacial score (nSPS) is 11.7. The van der Waals surface area contributed by atoms with E-state index in [4.69, 9.17) is 15.0 Å². The maximum atomic E-state index is 5.53. The summed E-state index contributed by atoms with van der Waals surface area (Å²) >= 11 is 0. The predicted octanol–water partition coefficient (Wildman–Crippen LogP) is 14.1. The Labute approximate surface area is 436 Å². The van der Waals surface area contributed by atoms with Crippen molar-refractivity contribution in [2.45, 2.75) is 0 Å². The van der Waals surface area contributed by atoms with E-state index in [0.29, 0.717) is 17.6 Å². The van der Waals surface area contributed by atoms with E-state index < -0.39 is 8.07 Å². The van der Waals surface area contributed by atoms with E-state index in [0.717, 1.165) is 49.7 Å². The van der Waals surface area contributed by atoms with Crippen LogP contribution in [0.2, 0.25) is 0 Å². The molecule has 0 aliphatic rings. The van der Waals surface area contributed by atoms with Gasteiger partial charge >= 0.3 is 0 Å². The first-order valence-corrected chi connectivity index (χ1v) is 27.5. The van der Waals surface area contributed by atoms with Gasteiger partial charge in [0, 0.05) is 38.4 Å². The number of rotatable bonds is 10. The second kappa shape index (κ2) is 18.4. The van der Waals surface area contributed by atoms with Crippen molar-refractivity contribution in [1.29, 1.82) is 0 Å². The molecule has 6 heteroatoms. The van der Waals surface area contributed by atoms with Crippen LogP contribution in [0, 0.1) is 0 Å². The molecule has 0 N–H and O–H groups in total. The lowest BCUT2D eigenvalue weighted by Gasteiger charge is -2.35. The molecule has 352 valence electrons. The van der Waals surface area contributed by atoms with Crippen LogP contribution in [0.5, 0.6) is 0 Å². The number of para-hydroxylation sites is 4. The van der Waals surface area contributed by atoms with Crippen LogP contribution in [0.1, 0.15) is 0 Å². The number of aromatic nitrogens is 5. The van der Waals surface area contributed by atoms with Gasteiger partial charge in [0.25, 0.3) is 0 Å². The molecule has 0 saturated carbocycles. The van der Waals surface area contributed by atoms with E-state index in [-0.39, 0.29) is 0 Å². The molecule has 3 aromatic heterocycles. The second-order valence-electron chi connectivity index (χ2n) is 19.2. The standard InChI is InChI=1S/C69H47N5Si/c1-4-22-48(23-5-1)50-26-19-33-56(45-50)75(55-31-8-3-9-32-55,57-34-20-27-51(46-57)49-24-6-2-7-25-49)58-35-21-29-53(47-58)68-70-67(71-69(72-68)74-65-42-16-12-38-61(65)62-39-13-17-43-66(62)74)52-28-18-30-54(44-52)73-63-40-14-10-36-59(63)60-37-11-15-41-64(60)73/h1-47H. The van der Waals surface area contributed by atoms with Crippen LogP contribution in [0.15, 0.2) is 285 Å². The Morgan fingerprint density at radius 3 is 1.04 bits per heavy atom. The van der Waals surface area contributed by atoms with Crippen molar-refractivity contribution in [2.24, 2.45) is 0 Å². The van der Waals surface area contributed by atoms with Crippen molar-refractivity contribution in [3.8, 4) is 56.7 Å². The molecule has 0 aliphatic carbocycles. The van der Waals surface area contributed by atoms with Gasteiger partial charge in [-0.2, -0.15) is 9.97 Å². The Balaban J connectivity index is 1.02. The number of benzene rings is 11. The molecule has 0 fully saturated rings. The largest absolute Gasteiger partial charge is 0.309 e. The quantitative estimate of drug-likeness (QED) is 0.101. The molecule has 14 aromatic rings. The van der Waals surface area contributed by atoms with Gasteiger partial charge in [-0.15, -0.1) is 0 Å². The summed E-state index contributed by atoms with van der Waals surface area (Å²) in [5.74, 6) is 1.73. The first kappa shape index (κ1) is 44.0. The highest BCUT2D eigenvalue weighted by molar-refractivity contribution is 7.20. The topological polar surface area (TPSA) is 48.5 Å². The average molecular weight is 974 g/mol. The van der Waals surface area contributed by atoms with Crippen molar-refractivity contribution in [3.63, 3.8) is 0 Å². The number of fused-ring (bicyclic) bond motifs is 6. The summed E-state index contributed by atoms with van der Waals surface area (Å²) in [6, 6.07) is 103. The van der Waals surface area contributed by atoms with E-state index in [1.165, 1.54) is 53.8 Å². The van der Waals surface area contributed by atoms with Crippen molar-refractivity contribution in [1.82, 2.24) is 24.1 Å². The first-order valence-electron chi connectivity index (χ1n) is 25.5. The van der Waals surface area contributed by atoms with Crippen LogP contribution in [-0.4, -0.2) is 32.2 Å². The minimum atomic E-state index is -3.17.